The van der Waals surface area contributed by atoms with Crippen LogP contribution in [0.3, 0.4) is 0 Å². The number of rotatable bonds is 5. The van der Waals surface area contributed by atoms with Gasteiger partial charge in [0.15, 0.2) is 5.96 Å². The number of carbonyl (C=O) groups excluding carboxylic acids is 1. The van der Waals surface area contributed by atoms with E-state index in [1.165, 1.54) is 6.42 Å². The maximum Gasteiger partial charge on any atom is 0.253 e. The molecule has 1 fully saturated rings. The van der Waals surface area contributed by atoms with Crippen molar-refractivity contribution in [2.75, 3.05) is 20.1 Å². The van der Waals surface area contributed by atoms with E-state index in [4.69, 9.17) is 0 Å². The number of halogens is 1. The molecule has 1 amide bonds. The summed E-state index contributed by atoms with van der Waals surface area (Å²) in [6.45, 7) is 8.98. The predicted octanol–water partition coefficient (Wildman–Crippen LogP) is 3.64. The van der Waals surface area contributed by atoms with Crippen molar-refractivity contribution in [1.29, 1.82) is 0 Å². The van der Waals surface area contributed by atoms with Crippen molar-refractivity contribution in [2.24, 2.45) is 10.9 Å². The molecule has 1 aliphatic heterocycles. The number of benzene rings is 1. The van der Waals surface area contributed by atoms with Crippen LogP contribution in [0.2, 0.25) is 0 Å². The Morgan fingerprint density at radius 2 is 1.73 bits per heavy atom. The zero-order valence-electron chi connectivity index (χ0n) is 16.4. The molecule has 1 aromatic carbocycles. The first-order chi connectivity index (χ1) is 12.0. The van der Waals surface area contributed by atoms with Gasteiger partial charge in [0.1, 0.15) is 0 Å². The lowest BCUT2D eigenvalue weighted by Gasteiger charge is -2.26. The van der Waals surface area contributed by atoms with Crippen LogP contribution in [0.1, 0.15) is 56.0 Å². The standard InChI is InChI=1S/C20H32N4O.HI/c1-15(2)16(3)23-20(21-4)22-14-17-8-10-18(11-9-17)19(25)24-12-6-5-7-13-24;/h8-11,15-16H,5-7,12-14H2,1-4H3,(H2,21,22,23);1H. The molecule has 1 saturated heterocycles. The Morgan fingerprint density at radius 1 is 1.12 bits per heavy atom. The lowest BCUT2D eigenvalue weighted by Crippen LogP contribution is -2.43. The number of hydrogen-bond donors (Lipinski definition) is 2. The lowest BCUT2D eigenvalue weighted by atomic mass is 10.1. The van der Waals surface area contributed by atoms with Crippen LogP contribution >= 0.6 is 24.0 Å². The lowest BCUT2D eigenvalue weighted by molar-refractivity contribution is 0.0724. The molecule has 1 atom stereocenters. The van der Waals surface area contributed by atoms with E-state index < -0.39 is 0 Å². The summed E-state index contributed by atoms with van der Waals surface area (Å²) in [6, 6.07) is 8.25. The highest BCUT2D eigenvalue weighted by molar-refractivity contribution is 14.0. The van der Waals surface area contributed by atoms with Crippen LogP contribution in [0.25, 0.3) is 0 Å². The molecule has 2 rings (SSSR count). The van der Waals surface area contributed by atoms with Gasteiger partial charge >= 0.3 is 0 Å². The average Bonchev–Trinajstić information content (AvgIpc) is 2.65. The molecule has 1 unspecified atom stereocenters. The molecular formula is C20H33IN4O. The smallest absolute Gasteiger partial charge is 0.253 e. The van der Waals surface area contributed by atoms with E-state index in [1.807, 2.05) is 29.2 Å². The summed E-state index contributed by atoms with van der Waals surface area (Å²) in [7, 11) is 1.78. The van der Waals surface area contributed by atoms with Crippen molar-refractivity contribution >= 4 is 35.8 Å². The topological polar surface area (TPSA) is 56.7 Å². The summed E-state index contributed by atoms with van der Waals surface area (Å²) < 4.78 is 0. The monoisotopic (exact) mass is 472 g/mol. The fourth-order valence-electron chi connectivity index (χ4n) is 2.81. The number of guanidine groups is 1. The summed E-state index contributed by atoms with van der Waals surface area (Å²) in [4.78, 5) is 18.7. The summed E-state index contributed by atoms with van der Waals surface area (Å²) >= 11 is 0. The van der Waals surface area contributed by atoms with Gasteiger partial charge in [-0.25, -0.2) is 0 Å². The Bertz CT molecular complexity index is 580. The van der Waals surface area contributed by atoms with E-state index in [1.54, 1.807) is 7.05 Å². The van der Waals surface area contributed by atoms with Gasteiger partial charge in [-0.2, -0.15) is 0 Å². The number of likely N-dealkylation sites (tertiary alicyclic amines) is 1. The molecule has 5 nitrogen and oxygen atoms in total. The molecule has 1 aliphatic rings. The van der Waals surface area contributed by atoms with E-state index in [2.05, 4.69) is 36.4 Å². The number of carbonyl (C=O) groups is 1. The number of nitrogens with one attached hydrogen (secondary N) is 2. The zero-order valence-corrected chi connectivity index (χ0v) is 18.7. The third-order valence-corrected chi connectivity index (χ3v) is 4.89. The molecule has 0 saturated carbocycles. The molecule has 2 N–H and O–H groups in total. The van der Waals surface area contributed by atoms with Gasteiger partial charge in [-0.15, -0.1) is 24.0 Å². The van der Waals surface area contributed by atoms with Crippen molar-refractivity contribution in [3.63, 3.8) is 0 Å². The molecule has 6 heteroatoms. The minimum atomic E-state index is 0. The Morgan fingerprint density at radius 3 is 2.27 bits per heavy atom. The molecule has 146 valence electrons. The van der Waals surface area contributed by atoms with Crippen LogP contribution in [0, 0.1) is 5.92 Å². The SMILES string of the molecule is CN=C(NCc1ccc(C(=O)N2CCCCC2)cc1)NC(C)C(C)C.I. The zero-order chi connectivity index (χ0) is 18.2. The maximum atomic E-state index is 12.5. The molecule has 1 aromatic rings. The minimum absolute atomic E-state index is 0. The molecule has 1 heterocycles. The first-order valence-corrected chi connectivity index (χ1v) is 9.36. The van der Waals surface area contributed by atoms with E-state index in [9.17, 15) is 4.79 Å². The first-order valence-electron chi connectivity index (χ1n) is 9.36. The van der Waals surface area contributed by atoms with Crippen LogP contribution in [-0.4, -0.2) is 42.9 Å². The van der Waals surface area contributed by atoms with Crippen molar-refractivity contribution in [2.45, 2.75) is 52.6 Å². The highest BCUT2D eigenvalue weighted by Gasteiger charge is 2.17. The second-order valence-electron chi connectivity index (χ2n) is 7.15. The van der Waals surface area contributed by atoms with E-state index in [0.29, 0.717) is 18.5 Å². The quantitative estimate of drug-likeness (QED) is 0.391. The predicted molar refractivity (Wildman–Crippen MR) is 119 cm³/mol. The fourth-order valence-corrected chi connectivity index (χ4v) is 2.81. The summed E-state index contributed by atoms with van der Waals surface area (Å²) in [5.41, 5.74) is 1.91. The van der Waals surface area contributed by atoms with E-state index in [-0.39, 0.29) is 29.9 Å². The number of hydrogen-bond acceptors (Lipinski definition) is 2. The highest BCUT2D eigenvalue weighted by Crippen LogP contribution is 2.14. The van der Waals surface area contributed by atoms with Gasteiger partial charge in [-0.05, 0) is 49.8 Å². The molecule has 0 bridgehead atoms. The van der Waals surface area contributed by atoms with Gasteiger partial charge in [0, 0.05) is 38.3 Å². The van der Waals surface area contributed by atoms with Crippen LogP contribution in [0.4, 0.5) is 0 Å². The normalized spacial score (nSPS) is 16.0. The van der Waals surface area contributed by atoms with Crippen molar-refractivity contribution in [3.8, 4) is 0 Å². The fraction of sp³-hybridized carbons (Fsp3) is 0.600. The van der Waals surface area contributed by atoms with Crippen LogP contribution < -0.4 is 10.6 Å². The minimum Gasteiger partial charge on any atom is -0.354 e. The molecular weight excluding hydrogens is 439 g/mol. The summed E-state index contributed by atoms with van der Waals surface area (Å²) in [5.74, 6) is 1.50. The van der Waals surface area contributed by atoms with Gasteiger partial charge < -0.3 is 15.5 Å². The van der Waals surface area contributed by atoms with Crippen molar-refractivity contribution in [3.05, 3.63) is 35.4 Å². The Kier molecular flexibility index (Phi) is 9.98. The number of amides is 1. The number of piperidine rings is 1. The second-order valence-corrected chi connectivity index (χ2v) is 7.15. The third-order valence-electron chi connectivity index (χ3n) is 4.89. The van der Waals surface area contributed by atoms with Gasteiger partial charge in [-0.3, -0.25) is 9.79 Å². The van der Waals surface area contributed by atoms with Crippen molar-refractivity contribution in [1.82, 2.24) is 15.5 Å². The van der Waals surface area contributed by atoms with Gasteiger partial charge in [0.05, 0.1) is 0 Å². The van der Waals surface area contributed by atoms with E-state index >= 15 is 0 Å². The maximum absolute atomic E-state index is 12.5. The Labute approximate surface area is 175 Å². The molecule has 0 radical (unpaired) electrons. The third kappa shape index (κ3) is 6.78. The van der Waals surface area contributed by atoms with Gasteiger partial charge in [-0.1, -0.05) is 26.0 Å². The van der Waals surface area contributed by atoms with Gasteiger partial charge in [0.25, 0.3) is 5.91 Å². The highest BCUT2D eigenvalue weighted by atomic mass is 127. The van der Waals surface area contributed by atoms with Gasteiger partial charge in [0.2, 0.25) is 0 Å². The van der Waals surface area contributed by atoms with Crippen LogP contribution in [-0.2, 0) is 6.54 Å². The summed E-state index contributed by atoms with van der Waals surface area (Å²) in [5, 5.41) is 6.71. The first kappa shape index (κ1) is 22.7. The summed E-state index contributed by atoms with van der Waals surface area (Å²) in [6.07, 6.45) is 3.47. The number of aliphatic imine (C=N–C) groups is 1. The second kappa shape index (κ2) is 11.4. The Hall–Kier alpha value is -1.31. The molecule has 26 heavy (non-hydrogen) atoms. The largest absolute Gasteiger partial charge is 0.354 e. The molecule has 0 aliphatic carbocycles. The number of nitrogens with zero attached hydrogens (tertiary/aromatic N) is 2. The Balaban J connectivity index is 0.00000338. The molecule has 0 spiro atoms. The van der Waals surface area contributed by atoms with Crippen LogP contribution in [0.15, 0.2) is 29.3 Å². The van der Waals surface area contributed by atoms with Crippen LogP contribution in [0.5, 0.6) is 0 Å². The van der Waals surface area contributed by atoms with Crippen molar-refractivity contribution < 1.29 is 4.79 Å². The molecule has 0 aromatic heterocycles. The average molecular weight is 472 g/mol. The van der Waals surface area contributed by atoms with E-state index in [0.717, 1.165) is 43.0 Å².